The predicted molar refractivity (Wildman–Crippen MR) is 168 cm³/mol. The number of hydrogen-bond acceptors (Lipinski definition) is 7. The number of carbonyl (C=O) groups is 3. The first-order chi connectivity index (χ1) is 21.6. The molecule has 10 nitrogen and oxygen atoms in total. The molecule has 1 heterocycles. The van der Waals surface area contributed by atoms with Crippen LogP contribution in [0.4, 0.5) is 9.18 Å². The van der Waals surface area contributed by atoms with E-state index in [0.29, 0.717) is 49.8 Å². The second-order valence-corrected chi connectivity index (χ2v) is 17.0. The Morgan fingerprint density at radius 1 is 1.15 bits per heavy atom. The van der Waals surface area contributed by atoms with Gasteiger partial charge in [0.2, 0.25) is 15.9 Å². The molecule has 250 valence electrons. The van der Waals surface area contributed by atoms with Crippen molar-refractivity contribution in [3.05, 3.63) is 59.1 Å². The molecule has 6 rings (SSSR count). The lowest BCUT2D eigenvalue weighted by Gasteiger charge is -2.30. The Morgan fingerprint density at radius 2 is 1.87 bits per heavy atom. The number of carbonyl (C=O) groups excluding carboxylic acids is 3. The number of hydrogen-bond donors (Lipinski definition) is 2. The molecule has 1 aliphatic heterocycles. The number of sulfonamides is 1. The summed E-state index contributed by atoms with van der Waals surface area (Å²) in [6.45, 7) is 10.8. The fraction of sp³-hybridized carbons (Fsp3) is 0.618. The molecule has 2 amide bonds. The number of ether oxygens (including phenoxy) is 2. The second-order valence-electron chi connectivity index (χ2n) is 14.8. The quantitative estimate of drug-likeness (QED) is 0.297. The van der Waals surface area contributed by atoms with E-state index in [-0.39, 0.29) is 24.7 Å². The molecule has 1 unspecified atom stereocenters. The van der Waals surface area contributed by atoms with Crippen LogP contribution in [0.15, 0.2) is 42.1 Å². The van der Waals surface area contributed by atoms with E-state index < -0.39 is 61.9 Å². The van der Waals surface area contributed by atoms with Crippen LogP contribution in [0.1, 0.15) is 83.8 Å². The summed E-state index contributed by atoms with van der Waals surface area (Å²) in [5.74, 6) is -1.86. The Hall–Kier alpha value is -3.41. The van der Waals surface area contributed by atoms with E-state index in [1.165, 1.54) is 11.0 Å². The van der Waals surface area contributed by atoms with Crippen molar-refractivity contribution in [1.29, 1.82) is 0 Å². The van der Waals surface area contributed by atoms with Gasteiger partial charge in [0.15, 0.2) is 0 Å². The zero-order valence-corrected chi connectivity index (χ0v) is 27.8. The number of rotatable bonds is 9. The molecule has 12 heteroatoms. The average Bonchev–Trinajstić information content (AvgIpc) is 3.91. The molecule has 1 aromatic rings. The van der Waals surface area contributed by atoms with Crippen molar-refractivity contribution >= 4 is 28.0 Å². The molecule has 0 bridgehead atoms. The van der Waals surface area contributed by atoms with E-state index in [0.717, 1.165) is 24.0 Å². The summed E-state index contributed by atoms with van der Waals surface area (Å²) in [5, 5.41) is 3.11. The Kier molecular flexibility index (Phi) is 8.05. The van der Waals surface area contributed by atoms with Crippen LogP contribution in [-0.4, -0.2) is 65.9 Å². The zero-order valence-electron chi connectivity index (χ0n) is 27.0. The first-order valence-corrected chi connectivity index (χ1v) is 17.7. The number of nitrogens with one attached hydrogen (secondary N) is 2. The van der Waals surface area contributed by atoms with Crippen LogP contribution in [0, 0.1) is 17.7 Å². The summed E-state index contributed by atoms with van der Waals surface area (Å²) in [6.07, 6.45) is 4.63. The van der Waals surface area contributed by atoms with Gasteiger partial charge in [0.05, 0.1) is 28.4 Å². The first-order valence-electron chi connectivity index (χ1n) is 16.2. The number of benzene rings is 1. The van der Waals surface area contributed by atoms with Crippen LogP contribution < -0.4 is 10.0 Å². The van der Waals surface area contributed by atoms with Crippen LogP contribution in [0.2, 0.25) is 0 Å². The van der Waals surface area contributed by atoms with Gasteiger partial charge in [-0.3, -0.25) is 19.2 Å². The number of nitrogens with zero attached hydrogens (tertiary/aromatic N) is 1. The van der Waals surface area contributed by atoms with Gasteiger partial charge < -0.3 is 14.8 Å². The normalized spacial score (nSPS) is 29.2. The van der Waals surface area contributed by atoms with Gasteiger partial charge in [0.1, 0.15) is 23.6 Å². The van der Waals surface area contributed by atoms with Crippen molar-refractivity contribution in [3.63, 3.8) is 0 Å². The Bertz CT molecular complexity index is 1610. The average molecular weight is 658 g/mol. The van der Waals surface area contributed by atoms with E-state index in [2.05, 4.69) is 16.6 Å². The third kappa shape index (κ3) is 6.29. The van der Waals surface area contributed by atoms with Crippen molar-refractivity contribution < 1.29 is 36.7 Å². The van der Waals surface area contributed by atoms with Gasteiger partial charge in [-0.2, -0.15) is 0 Å². The van der Waals surface area contributed by atoms with Crippen LogP contribution >= 0.6 is 0 Å². The van der Waals surface area contributed by atoms with E-state index in [1.807, 2.05) is 6.07 Å². The highest BCUT2D eigenvalue weighted by atomic mass is 32.2. The van der Waals surface area contributed by atoms with Crippen LogP contribution in [-0.2, 0) is 41.9 Å². The fourth-order valence-electron chi connectivity index (χ4n) is 6.74. The molecule has 3 saturated carbocycles. The summed E-state index contributed by atoms with van der Waals surface area (Å²) in [4.78, 5) is 42.1. The summed E-state index contributed by atoms with van der Waals surface area (Å²) in [5.41, 5.74) is 1.06. The van der Waals surface area contributed by atoms with Crippen molar-refractivity contribution in [1.82, 2.24) is 14.9 Å². The molecule has 0 aromatic heterocycles. The smallest absolute Gasteiger partial charge is 0.411 e. The van der Waals surface area contributed by atoms with Crippen LogP contribution in [0.3, 0.4) is 0 Å². The number of amides is 2. The summed E-state index contributed by atoms with van der Waals surface area (Å²) in [6, 6.07) is 3.85. The van der Waals surface area contributed by atoms with Crippen LogP contribution in [0.5, 0.6) is 0 Å². The van der Waals surface area contributed by atoms with Gasteiger partial charge in [-0.1, -0.05) is 18.2 Å². The Balaban J connectivity index is 1.20. The van der Waals surface area contributed by atoms with E-state index >= 15 is 0 Å². The van der Waals surface area contributed by atoms with Crippen molar-refractivity contribution in [2.24, 2.45) is 11.8 Å². The topological polar surface area (TPSA) is 131 Å². The number of allylic oxidation sites excluding steroid dienone is 1. The maximum absolute atomic E-state index is 14.2. The molecule has 1 aromatic carbocycles. The summed E-state index contributed by atoms with van der Waals surface area (Å²) in [7, 11) is -3.68. The Morgan fingerprint density at radius 3 is 2.48 bits per heavy atom. The predicted octanol–water partition coefficient (Wildman–Crippen LogP) is 4.43. The maximum Gasteiger partial charge on any atom is 0.411 e. The minimum absolute atomic E-state index is 0.0342. The van der Waals surface area contributed by atoms with E-state index in [4.69, 9.17) is 9.47 Å². The molecule has 5 atom stereocenters. The lowest BCUT2D eigenvalue weighted by Crippen LogP contribution is -2.53. The highest BCUT2D eigenvalue weighted by Crippen LogP contribution is 2.54. The van der Waals surface area contributed by atoms with Crippen molar-refractivity contribution in [2.45, 2.75) is 114 Å². The fourth-order valence-corrected chi connectivity index (χ4v) is 8.22. The van der Waals surface area contributed by atoms with E-state index in [9.17, 15) is 27.2 Å². The second kappa shape index (κ2) is 11.4. The minimum atomic E-state index is -3.68. The van der Waals surface area contributed by atoms with Gasteiger partial charge in [-0.05, 0) is 102 Å². The lowest BCUT2D eigenvalue weighted by molar-refractivity contribution is -0.154. The largest absolute Gasteiger partial charge is 0.460 e. The summed E-state index contributed by atoms with van der Waals surface area (Å²) >= 11 is 0. The number of fused-ring (bicyclic) bond motifs is 1. The van der Waals surface area contributed by atoms with Gasteiger partial charge in [-0.25, -0.2) is 17.6 Å². The molecule has 5 aliphatic rings. The van der Waals surface area contributed by atoms with Gasteiger partial charge in [-0.15, -0.1) is 6.58 Å². The van der Waals surface area contributed by atoms with Crippen LogP contribution in [0.25, 0.3) is 0 Å². The number of esters is 1. The minimum Gasteiger partial charge on any atom is -0.460 e. The van der Waals surface area contributed by atoms with Gasteiger partial charge >= 0.3 is 12.1 Å². The van der Waals surface area contributed by atoms with Gasteiger partial charge in [0, 0.05) is 12.3 Å². The molecule has 4 aliphatic carbocycles. The number of halogens is 1. The zero-order chi connectivity index (χ0) is 33.2. The molecule has 46 heavy (non-hydrogen) atoms. The van der Waals surface area contributed by atoms with Crippen molar-refractivity contribution in [3.8, 4) is 0 Å². The van der Waals surface area contributed by atoms with Crippen molar-refractivity contribution in [2.75, 3.05) is 6.54 Å². The molecular formula is C34H44FN3O7S. The molecule has 0 spiro atoms. The molecule has 4 fully saturated rings. The molecule has 1 saturated heterocycles. The molecular weight excluding hydrogens is 613 g/mol. The maximum atomic E-state index is 14.2. The standard InChI is InChI=1S/C34H44FN3O7S/c1-6-23-18-34(23,28(20-10-11-20)37-46(42,43)33(5)14-15-33)36-29(39)27-17-24(19-38(27)31(41)45-32(2,3)4)44-30(40)22-12-13-25-21(16-22)8-7-9-26(25)35/h6-9,22-24,27,37H,1,10-19H2,2-5H3,(H,36,39)/t22?,23-,24-,27+,34-/m1/s1. The third-order valence-electron chi connectivity index (χ3n) is 10.0. The third-order valence-corrected chi connectivity index (χ3v) is 12.2. The SMILES string of the molecule is C=C[C@@H]1C[C@]1(NC(=O)[C@@H]1C[C@@H](OC(=O)C2CCc3c(F)cccc3C2)CN1C(=O)OC(C)(C)C)C(NS(=O)(=O)C1(C)CC1)=C1CC1. The molecule has 0 radical (unpaired) electrons. The van der Waals surface area contributed by atoms with E-state index in [1.54, 1.807) is 39.8 Å². The van der Waals surface area contributed by atoms with Gasteiger partial charge in [0.25, 0.3) is 0 Å². The number of likely N-dealkylation sites (tertiary alicyclic amines) is 1. The highest BCUT2D eigenvalue weighted by Gasteiger charge is 2.61. The summed E-state index contributed by atoms with van der Waals surface area (Å²) < 4.78 is 54.4. The monoisotopic (exact) mass is 657 g/mol. The lowest BCUT2D eigenvalue weighted by atomic mass is 9.83. The Labute approximate surface area is 270 Å². The molecule has 2 N–H and O–H groups in total. The first kappa shape index (κ1) is 32.5. The highest BCUT2D eigenvalue weighted by molar-refractivity contribution is 7.91.